The fourth-order valence-corrected chi connectivity index (χ4v) is 5.59. The molecule has 7 atom stereocenters. The van der Waals surface area contributed by atoms with Gasteiger partial charge < -0.3 is 24.8 Å². The molecule has 0 radical (unpaired) electrons. The van der Waals surface area contributed by atoms with Gasteiger partial charge in [-0.2, -0.15) is 0 Å². The Morgan fingerprint density at radius 1 is 1.00 bits per heavy atom. The van der Waals surface area contributed by atoms with E-state index in [0.29, 0.717) is 17.4 Å². The number of ether oxygens (including phenoxy) is 3. The van der Waals surface area contributed by atoms with Crippen LogP contribution in [-0.2, 0) is 39.8 Å². The van der Waals surface area contributed by atoms with Gasteiger partial charge in [-0.1, -0.05) is 81.8 Å². The van der Waals surface area contributed by atoms with Gasteiger partial charge in [0.25, 0.3) is 0 Å². The van der Waals surface area contributed by atoms with Crippen LogP contribution in [0.3, 0.4) is 0 Å². The van der Waals surface area contributed by atoms with E-state index in [1.807, 2.05) is 51.1 Å². The van der Waals surface area contributed by atoms with E-state index >= 15 is 0 Å². The predicted molar refractivity (Wildman–Crippen MR) is 171 cm³/mol. The highest BCUT2D eigenvalue weighted by atomic mass is 35.5. The molecular formula is C35H41ClN2O8. The zero-order valence-corrected chi connectivity index (χ0v) is 27.2. The summed E-state index contributed by atoms with van der Waals surface area (Å²) in [4.78, 5) is 64.0. The SMILES string of the molecule is CC(C)C[C@@H]1OC(=O)[C@H](C)CNC(=O)[C@@H](Cc2ccc(C=O)c(Cl)c2)NC(=O)/C=C/C[C@@H]([C@H](C)[C@H]2O[C@@H]2c2ccccc2)OC1=O. The Morgan fingerprint density at radius 2 is 1.74 bits per heavy atom. The number of benzene rings is 2. The summed E-state index contributed by atoms with van der Waals surface area (Å²) in [7, 11) is 0. The van der Waals surface area contributed by atoms with E-state index in [2.05, 4.69) is 10.6 Å². The van der Waals surface area contributed by atoms with Crippen molar-refractivity contribution < 1.29 is 38.2 Å². The first-order chi connectivity index (χ1) is 22.0. The highest BCUT2D eigenvalue weighted by Gasteiger charge is 2.47. The van der Waals surface area contributed by atoms with Crippen molar-refractivity contribution in [2.24, 2.45) is 17.8 Å². The lowest BCUT2D eigenvalue weighted by molar-refractivity contribution is -0.176. The molecule has 4 rings (SSSR count). The van der Waals surface area contributed by atoms with Crippen molar-refractivity contribution in [1.82, 2.24) is 10.6 Å². The average Bonchev–Trinajstić information content (AvgIpc) is 3.83. The number of cyclic esters (lactones) is 2. The minimum Gasteiger partial charge on any atom is -0.459 e. The number of carbonyl (C=O) groups excluding carboxylic acids is 5. The second-order valence-electron chi connectivity index (χ2n) is 12.3. The maximum atomic E-state index is 13.5. The number of epoxide rings is 1. The standard InChI is InChI=1S/C35H41ClN2O8/c1-20(2)15-29-35(43)44-28(22(4)31-32(46-31)24-9-6-5-7-10-24)11-8-12-30(40)38-27(33(41)37-18-21(3)34(42)45-29)17-23-13-14-25(19-39)26(36)16-23/h5-10,12-14,16,19-22,27-29,31-32H,11,15,17-18H2,1-4H3,(H,37,41)(H,38,40)/b12-8+/t21-,22+,27-,28+,29+,31-,32-/m1/s1. The molecule has 2 aromatic rings. The molecule has 2 aliphatic heterocycles. The molecule has 11 heteroatoms. The molecule has 2 aliphatic rings. The van der Waals surface area contributed by atoms with E-state index in [-0.39, 0.29) is 54.9 Å². The van der Waals surface area contributed by atoms with Crippen molar-refractivity contribution in [1.29, 1.82) is 0 Å². The van der Waals surface area contributed by atoms with Crippen LogP contribution >= 0.6 is 11.6 Å². The highest BCUT2D eigenvalue weighted by Crippen LogP contribution is 2.45. The Bertz CT molecular complexity index is 1450. The zero-order chi connectivity index (χ0) is 33.4. The molecule has 1 fully saturated rings. The summed E-state index contributed by atoms with van der Waals surface area (Å²) in [5, 5.41) is 5.64. The molecule has 2 aromatic carbocycles. The van der Waals surface area contributed by atoms with Gasteiger partial charge in [0, 0.05) is 30.9 Å². The van der Waals surface area contributed by atoms with Gasteiger partial charge >= 0.3 is 11.9 Å². The monoisotopic (exact) mass is 652 g/mol. The van der Waals surface area contributed by atoms with Gasteiger partial charge in [-0.05, 0) is 41.7 Å². The van der Waals surface area contributed by atoms with Crippen molar-refractivity contribution in [2.45, 2.75) is 77.4 Å². The summed E-state index contributed by atoms with van der Waals surface area (Å²) in [6.45, 7) is 7.23. The summed E-state index contributed by atoms with van der Waals surface area (Å²) in [6, 6.07) is 13.5. The summed E-state index contributed by atoms with van der Waals surface area (Å²) in [5.41, 5.74) is 1.94. The fourth-order valence-electron chi connectivity index (χ4n) is 5.35. The molecule has 1 saturated heterocycles. The topological polar surface area (TPSA) is 140 Å². The average molecular weight is 653 g/mol. The van der Waals surface area contributed by atoms with Crippen molar-refractivity contribution in [3.8, 4) is 0 Å². The van der Waals surface area contributed by atoms with Gasteiger partial charge in [0.1, 0.15) is 18.2 Å². The number of hydrogen-bond acceptors (Lipinski definition) is 8. The van der Waals surface area contributed by atoms with Crippen molar-refractivity contribution in [3.05, 3.63) is 82.4 Å². The molecule has 0 aliphatic carbocycles. The second kappa shape index (κ2) is 16.0. The van der Waals surface area contributed by atoms with Gasteiger partial charge in [0.15, 0.2) is 12.4 Å². The summed E-state index contributed by atoms with van der Waals surface area (Å²) in [6.07, 6.45) is 1.84. The Labute approximate surface area is 274 Å². The maximum Gasteiger partial charge on any atom is 0.347 e. The van der Waals surface area contributed by atoms with Crippen LogP contribution < -0.4 is 10.6 Å². The van der Waals surface area contributed by atoms with Gasteiger partial charge in [-0.25, -0.2) is 4.79 Å². The van der Waals surface area contributed by atoms with Crippen LogP contribution in [0.2, 0.25) is 5.02 Å². The number of esters is 2. The molecule has 2 amide bonds. The number of nitrogens with one attached hydrogen (secondary N) is 2. The van der Waals surface area contributed by atoms with E-state index in [4.69, 9.17) is 25.8 Å². The molecule has 0 saturated carbocycles. The van der Waals surface area contributed by atoms with Gasteiger partial charge in [0.05, 0.1) is 17.0 Å². The molecule has 0 spiro atoms. The minimum absolute atomic E-state index is 0.0227. The van der Waals surface area contributed by atoms with Gasteiger partial charge in [-0.3, -0.25) is 19.2 Å². The summed E-state index contributed by atoms with van der Waals surface area (Å²) < 4.78 is 17.6. The van der Waals surface area contributed by atoms with Crippen LogP contribution in [0, 0.1) is 17.8 Å². The lowest BCUT2D eigenvalue weighted by atomic mass is 9.93. The molecule has 46 heavy (non-hydrogen) atoms. The lowest BCUT2D eigenvalue weighted by Gasteiger charge is -2.27. The van der Waals surface area contributed by atoms with E-state index in [1.54, 1.807) is 31.2 Å². The Balaban J connectivity index is 1.58. The lowest BCUT2D eigenvalue weighted by Crippen LogP contribution is -2.49. The molecule has 0 unspecified atom stereocenters. The highest BCUT2D eigenvalue weighted by molar-refractivity contribution is 6.33. The minimum atomic E-state index is -1.14. The fraction of sp³-hybridized carbons (Fsp3) is 0.457. The third kappa shape index (κ3) is 9.50. The largest absolute Gasteiger partial charge is 0.459 e. The van der Waals surface area contributed by atoms with Gasteiger partial charge in [0.2, 0.25) is 11.8 Å². The second-order valence-corrected chi connectivity index (χ2v) is 12.8. The Morgan fingerprint density at radius 3 is 2.41 bits per heavy atom. The quantitative estimate of drug-likeness (QED) is 0.241. The molecule has 0 bridgehead atoms. The summed E-state index contributed by atoms with van der Waals surface area (Å²) in [5.74, 6) is -3.41. The van der Waals surface area contributed by atoms with E-state index in [1.165, 1.54) is 6.08 Å². The number of aldehydes is 1. The van der Waals surface area contributed by atoms with Crippen LogP contribution in [0.15, 0.2) is 60.7 Å². The molecule has 2 heterocycles. The molecule has 10 nitrogen and oxygen atoms in total. The first-order valence-corrected chi connectivity index (χ1v) is 15.9. The number of halogens is 1. The van der Waals surface area contributed by atoms with Crippen molar-refractivity contribution in [3.63, 3.8) is 0 Å². The predicted octanol–water partition coefficient (Wildman–Crippen LogP) is 4.54. The normalized spacial score (nSPS) is 27.5. The Hall–Kier alpha value is -4.02. The van der Waals surface area contributed by atoms with E-state index < -0.39 is 47.9 Å². The Kier molecular flexibility index (Phi) is 12.1. The van der Waals surface area contributed by atoms with Crippen LogP contribution in [0.5, 0.6) is 0 Å². The molecule has 246 valence electrons. The first kappa shape index (κ1) is 34.8. The number of hydrogen-bond donors (Lipinski definition) is 2. The first-order valence-electron chi connectivity index (χ1n) is 15.6. The smallest absolute Gasteiger partial charge is 0.347 e. The number of carbonyl (C=O) groups is 5. The molecule has 0 aromatic heterocycles. The maximum absolute atomic E-state index is 13.5. The van der Waals surface area contributed by atoms with Crippen LogP contribution in [0.1, 0.15) is 68.1 Å². The number of rotatable bonds is 8. The van der Waals surface area contributed by atoms with Crippen molar-refractivity contribution in [2.75, 3.05) is 6.54 Å². The molecular weight excluding hydrogens is 612 g/mol. The van der Waals surface area contributed by atoms with Gasteiger partial charge in [-0.15, -0.1) is 0 Å². The van der Waals surface area contributed by atoms with Crippen LogP contribution in [0.4, 0.5) is 0 Å². The van der Waals surface area contributed by atoms with E-state index in [9.17, 15) is 24.0 Å². The summed E-state index contributed by atoms with van der Waals surface area (Å²) >= 11 is 6.19. The number of amides is 2. The van der Waals surface area contributed by atoms with E-state index in [0.717, 1.165) is 5.56 Å². The van der Waals surface area contributed by atoms with Crippen LogP contribution in [-0.4, -0.2) is 60.9 Å². The van der Waals surface area contributed by atoms with Crippen molar-refractivity contribution >= 4 is 41.6 Å². The van der Waals surface area contributed by atoms with Crippen LogP contribution in [0.25, 0.3) is 0 Å². The zero-order valence-electron chi connectivity index (χ0n) is 26.4. The third-order valence-electron chi connectivity index (χ3n) is 8.12. The third-order valence-corrected chi connectivity index (χ3v) is 8.45. The molecule has 2 N–H and O–H groups in total.